The fraction of sp³-hybridized carbons (Fsp3) is 0.500. The number of rotatable bonds is 2. The van der Waals surface area contributed by atoms with Crippen LogP contribution in [0.5, 0.6) is 0 Å². The third-order valence-electron chi connectivity index (χ3n) is 3.09. The fourth-order valence-corrected chi connectivity index (χ4v) is 2.36. The molecule has 1 amide bonds. The van der Waals surface area contributed by atoms with E-state index in [1.165, 1.54) is 12.8 Å². The van der Waals surface area contributed by atoms with Gasteiger partial charge in [-0.25, -0.2) is 4.98 Å². The van der Waals surface area contributed by atoms with E-state index < -0.39 is 0 Å². The Hall–Kier alpha value is -0.900. The second-order valence-corrected chi connectivity index (χ2v) is 5.13. The summed E-state index contributed by atoms with van der Waals surface area (Å²) in [4.78, 5) is 18.0. The summed E-state index contributed by atoms with van der Waals surface area (Å²) >= 11 is 3.33. The van der Waals surface area contributed by atoms with Crippen LogP contribution in [0.4, 0.5) is 5.82 Å². The quantitative estimate of drug-likeness (QED) is 0.836. The molecule has 16 heavy (non-hydrogen) atoms. The van der Waals surface area contributed by atoms with Gasteiger partial charge in [0, 0.05) is 23.6 Å². The Morgan fingerprint density at radius 3 is 2.69 bits per heavy atom. The fourth-order valence-electron chi connectivity index (χ4n) is 2.13. The van der Waals surface area contributed by atoms with Gasteiger partial charge in [-0.05, 0) is 40.9 Å². The molecule has 0 atom stereocenters. The molecule has 2 rings (SSSR count). The molecule has 1 aromatic rings. The summed E-state index contributed by atoms with van der Waals surface area (Å²) in [5.41, 5.74) is 0. The van der Waals surface area contributed by atoms with Crippen molar-refractivity contribution < 1.29 is 4.79 Å². The summed E-state index contributed by atoms with van der Waals surface area (Å²) in [7, 11) is 1.80. The molecule has 1 aliphatic carbocycles. The monoisotopic (exact) mass is 282 g/mol. The average molecular weight is 283 g/mol. The number of halogens is 1. The second kappa shape index (κ2) is 4.95. The Morgan fingerprint density at radius 2 is 2.12 bits per heavy atom. The minimum absolute atomic E-state index is 0.201. The van der Waals surface area contributed by atoms with Crippen LogP contribution in [0.1, 0.15) is 25.7 Å². The van der Waals surface area contributed by atoms with E-state index >= 15 is 0 Å². The van der Waals surface area contributed by atoms with Crippen molar-refractivity contribution in [1.82, 2.24) is 4.98 Å². The van der Waals surface area contributed by atoms with Crippen molar-refractivity contribution in [3.8, 4) is 0 Å². The van der Waals surface area contributed by atoms with Gasteiger partial charge in [-0.1, -0.05) is 12.8 Å². The van der Waals surface area contributed by atoms with Gasteiger partial charge in [0.15, 0.2) is 0 Å². The lowest BCUT2D eigenvalue weighted by Crippen LogP contribution is -2.32. The van der Waals surface area contributed by atoms with Crippen LogP contribution in [0.3, 0.4) is 0 Å². The molecule has 86 valence electrons. The van der Waals surface area contributed by atoms with Gasteiger partial charge in [0.25, 0.3) is 0 Å². The number of aromatic nitrogens is 1. The predicted octanol–water partition coefficient (Wildman–Crippen LogP) is 3.00. The summed E-state index contributed by atoms with van der Waals surface area (Å²) in [6.07, 6.45) is 6.13. The number of nitrogens with zero attached hydrogens (tertiary/aromatic N) is 2. The Balaban J connectivity index is 2.08. The van der Waals surface area contributed by atoms with E-state index in [0.717, 1.165) is 23.1 Å². The molecule has 0 aliphatic heterocycles. The molecule has 0 bridgehead atoms. The predicted molar refractivity (Wildman–Crippen MR) is 67.3 cm³/mol. The molecule has 1 heterocycles. The van der Waals surface area contributed by atoms with Crippen LogP contribution in [0.2, 0.25) is 0 Å². The van der Waals surface area contributed by atoms with Crippen LogP contribution in [-0.4, -0.2) is 17.9 Å². The van der Waals surface area contributed by atoms with Crippen molar-refractivity contribution >= 4 is 27.7 Å². The largest absolute Gasteiger partial charge is 0.300 e. The number of hydrogen-bond acceptors (Lipinski definition) is 2. The normalized spacial score (nSPS) is 16.4. The van der Waals surface area contributed by atoms with E-state index in [1.54, 1.807) is 18.1 Å². The van der Waals surface area contributed by atoms with E-state index in [-0.39, 0.29) is 11.8 Å². The Morgan fingerprint density at radius 1 is 1.44 bits per heavy atom. The molecule has 4 heteroatoms. The van der Waals surface area contributed by atoms with E-state index in [4.69, 9.17) is 0 Å². The van der Waals surface area contributed by atoms with E-state index in [0.29, 0.717) is 0 Å². The molecule has 0 saturated heterocycles. The van der Waals surface area contributed by atoms with Gasteiger partial charge in [-0.3, -0.25) is 9.69 Å². The van der Waals surface area contributed by atoms with Crippen molar-refractivity contribution in [2.75, 3.05) is 11.9 Å². The topological polar surface area (TPSA) is 33.2 Å². The number of hydrogen-bond donors (Lipinski definition) is 0. The Bertz CT molecular complexity index is 371. The third-order valence-corrected chi connectivity index (χ3v) is 3.56. The van der Waals surface area contributed by atoms with Crippen LogP contribution in [-0.2, 0) is 4.79 Å². The zero-order valence-electron chi connectivity index (χ0n) is 9.32. The maximum atomic E-state index is 12.1. The molecule has 1 fully saturated rings. The maximum absolute atomic E-state index is 12.1. The van der Waals surface area contributed by atoms with Crippen LogP contribution in [0, 0.1) is 5.92 Å². The van der Waals surface area contributed by atoms with E-state index in [9.17, 15) is 4.79 Å². The minimum atomic E-state index is 0.201. The lowest BCUT2D eigenvalue weighted by atomic mass is 10.1. The molecule has 1 aliphatic rings. The van der Waals surface area contributed by atoms with Crippen LogP contribution in [0.15, 0.2) is 22.8 Å². The molecule has 1 aromatic heterocycles. The summed E-state index contributed by atoms with van der Waals surface area (Å²) < 4.78 is 0.929. The number of anilines is 1. The molecule has 0 spiro atoms. The molecule has 0 N–H and O–H groups in total. The minimum Gasteiger partial charge on any atom is -0.300 e. The van der Waals surface area contributed by atoms with Gasteiger partial charge in [-0.15, -0.1) is 0 Å². The van der Waals surface area contributed by atoms with Crippen molar-refractivity contribution in [2.24, 2.45) is 5.92 Å². The van der Waals surface area contributed by atoms with Crippen molar-refractivity contribution in [3.63, 3.8) is 0 Å². The first-order valence-electron chi connectivity index (χ1n) is 5.57. The van der Waals surface area contributed by atoms with Crippen LogP contribution >= 0.6 is 15.9 Å². The summed E-state index contributed by atoms with van der Waals surface area (Å²) in [6, 6.07) is 3.76. The average Bonchev–Trinajstić information content (AvgIpc) is 2.81. The molecular weight excluding hydrogens is 268 g/mol. The van der Waals surface area contributed by atoms with Gasteiger partial charge < -0.3 is 0 Å². The van der Waals surface area contributed by atoms with Crippen LogP contribution in [0.25, 0.3) is 0 Å². The molecular formula is C12H15BrN2O. The van der Waals surface area contributed by atoms with E-state index in [1.807, 2.05) is 12.1 Å². The summed E-state index contributed by atoms with van der Waals surface area (Å²) in [5.74, 6) is 1.13. The first-order chi connectivity index (χ1) is 7.68. The summed E-state index contributed by atoms with van der Waals surface area (Å²) in [5, 5.41) is 0. The molecule has 0 aromatic carbocycles. The first kappa shape index (κ1) is 11.6. The summed E-state index contributed by atoms with van der Waals surface area (Å²) in [6.45, 7) is 0. The number of pyridine rings is 1. The zero-order valence-corrected chi connectivity index (χ0v) is 10.9. The molecule has 0 radical (unpaired) electrons. The van der Waals surface area contributed by atoms with Gasteiger partial charge >= 0.3 is 0 Å². The third kappa shape index (κ3) is 2.43. The second-order valence-electron chi connectivity index (χ2n) is 4.21. The molecule has 1 saturated carbocycles. The smallest absolute Gasteiger partial charge is 0.230 e. The van der Waals surface area contributed by atoms with Gasteiger partial charge in [0.2, 0.25) is 5.91 Å². The highest BCUT2D eigenvalue weighted by Crippen LogP contribution is 2.27. The standard InChI is InChI=1S/C12H15BrN2O/c1-15(11-7-6-10(13)8-14-11)12(16)9-4-2-3-5-9/h6-9H,2-5H2,1H3. The number of carbonyl (C=O) groups is 1. The Kier molecular flexibility index (Phi) is 3.59. The van der Waals surface area contributed by atoms with Gasteiger partial charge in [-0.2, -0.15) is 0 Å². The molecule has 3 nitrogen and oxygen atoms in total. The number of amides is 1. The molecule has 0 unspecified atom stereocenters. The lowest BCUT2D eigenvalue weighted by Gasteiger charge is -2.19. The number of carbonyl (C=O) groups excluding carboxylic acids is 1. The lowest BCUT2D eigenvalue weighted by molar-refractivity contribution is -0.121. The van der Waals surface area contributed by atoms with Gasteiger partial charge in [0.1, 0.15) is 5.82 Å². The SMILES string of the molecule is CN(C(=O)C1CCCC1)c1ccc(Br)cn1. The van der Waals surface area contributed by atoms with E-state index in [2.05, 4.69) is 20.9 Å². The van der Waals surface area contributed by atoms with Gasteiger partial charge in [0.05, 0.1) is 0 Å². The highest BCUT2D eigenvalue weighted by Gasteiger charge is 2.26. The maximum Gasteiger partial charge on any atom is 0.230 e. The Labute approximate surface area is 104 Å². The zero-order chi connectivity index (χ0) is 11.5. The van der Waals surface area contributed by atoms with Crippen molar-refractivity contribution in [1.29, 1.82) is 0 Å². The van der Waals surface area contributed by atoms with Crippen molar-refractivity contribution in [2.45, 2.75) is 25.7 Å². The first-order valence-corrected chi connectivity index (χ1v) is 6.37. The highest BCUT2D eigenvalue weighted by molar-refractivity contribution is 9.10. The highest BCUT2D eigenvalue weighted by atomic mass is 79.9. The van der Waals surface area contributed by atoms with Crippen LogP contribution < -0.4 is 4.90 Å². The van der Waals surface area contributed by atoms with Crippen molar-refractivity contribution in [3.05, 3.63) is 22.8 Å².